The van der Waals surface area contributed by atoms with Crippen molar-refractivity contribution in [2.75, 3.05) is 26.4 Å². The van der Waals surface area contributed by atoms with Gasteiger partial charge in [-0.2, -0.15) is 0 Å². The first-order valence-electron chi connectivity index (χ1n) is 25.2. The Morgan fingerprint density at radius 3 is 1.08 bits per heavy atom. The molecule has 0 aromatic heterocycles. The van der Waals surface area contributed by atoms with Gasteiger partial charge < -0.3 is 24.6 Å². The number of carbonyl (C=O) groups is 2. The van der Waals surface area contributed by atoms with Gasteiger partial charge >= 0.3 is 19.8 Å². The number of carbonyl (C=O) groups excluding carboxylic acids is 2. The van der Waals surface area contributed by atoms with Gasteiger partial charge in [0, 0.05) is 12.8 Å². The number of allylic oxidation sites excluding steroid dienone is 10. The fourth-order valence-corrected chi connectivity index (χ4v) is 7.70. The molecule has 0 amide bonds. The molecule has 3 unspecified atom stereocenters. The Kier molecular flexibility index (Phi) is 45.9. The Morgan fingerprint density at radius 2 is 0.746 bits per heavy atom. The summed E-state index contributed by atoms with van der Waals surface area (Å²) in [7, 11) is -4.66. The number of aliphatic hydroxyl groups is 2. The van der Waals surface area contributed by atoms with Gasteiger partial charge in [0.2, 0.25) is 0 Å². The van der Waals surface area contributed by atoms with Crippen molar-refractivity contribution in [1.29, 1.82) is 0 Å². The number of hydrogen-bond donors (Lipinski definition) is 3. The van der Waals surface area contributed by atoms with Crippen LogP contribution in [0, 0.1) is 0 Å². The van der Waals surface area contributed by atoms with Crippen molar-refractivity contribution in [3.63, 3.8) is 0 Å². The third kappa shape index (κ3) is 46.0. The van der Waals surface area contributed by atoms with Crippen molar-refractivity contribution in [2.24, 2.45) is 0 Å². The number of phosphoric acid groups is 1. The summed E-state index contributed by atoms with van der Waals surface area (Å²) in [6, 6.07) is 0. The molecule has 0 aliphatic carbocycles. The number of unbranched alkanes of at least 4 members (excludes halogenated alkanes) is 23. The van der Waals surface area contributed by atoms with E-state index in [0.717, 1.165) is 51.4 Å². The lowest BCUT2D eigenvalue weighted by Crippen LogP contribution is -2.28. The zero-order valence-corrected chi connectivity index (χ0v) is 40.9. The first kappa shape index (κ1) is 60.7. The van der Waals surface area contributed by atoms with Crippen molar-refractivity contribution in [3.05, 3.63) is 60.8 Å². The quantitative estimate of drug-likeness (QED) is 0.0233. The Labute approximate surface area is 385 Å². The van der Waals surface area contributed by atoms with Gasteiger partial charge in [-0.3, -0.25) is 18.6 Å². The number of phosphoric ester groups is 1. The lowest BCUT2D eigenvalue weighted by atomic mass is 10.0. The van der Waals surface area contributed by atoms with Crippen molar-refractivity contribution in [1.82, 2.24) is 0 Å². The van der Waals surface area contributed by atoms with Crippen LogP contribution in [0.25, 0.3) is 0 Å². The van der Waals surface area contributed by atoms with E-state index in [1.165, 1.54) is 122 Å². The van der Waals surface area contributed by atoms with E-state index in [2.05, 4.69) is 62.5 Å². The van der Waals surface area contributed by atoms with Crippen LogP contribution in [0.15, 0.2) is 60.8 Å². The minimum absolute atomic E-state index is 0.112. The van der Waals surface area contributed by atoms with Crippen LogP contribution in [0.2, 0.25) is 0 Å². The molecule has 0 rings (SSSR count). The summed E-state index contributed by atoms with van der Waals surface area (Å²) in [5.74, 6) is -1.07. The van der Waals surface area contributed by atoms with Crippen molar-refractivity contribution < 1.29 is 47.8 Å². The van der Waals surface area contributed by atoms with Crippen LogP contribution < -0.4 is 0 Å². The molecule has 3 N–H and O–H groups in total. The molecule has 11 heteroatoms. The molecule has 0 aliphatic heterocycles. The summed E-state index contributed by atoms with van der Waals surface area (Å²) in [6.07, 6.45) is 55.0. The Hall–Kier alpha value is -2.33. The molecular weight excluding hydrogens is 816 g/mol. The average molecular weight is 909 g/mol. The molecule has 10 nitrogen and oxygen atoms in total. The molecule has 0 aromatic rings. The third-order valence-electron chi connectivity index (χ3n) is 10.7. The minimum atomic E-state index is -4.66. The molecule has 0 saturated heterocycles. The van der Waals surface area contributed by atoms with Gasteiger partial charge in [-0.05, 0) is 51.4 Å². The Balaban J connectivity index is 3.87. The molecule has 0 saturated carbocycles. The number of hydrogen-bond acceptors (Lipinski definition) is 9. The first-order valence-corrected chi connectivity index (χ1v) is 26.7. The zero-order chi connectivity index (χ0) is 46.2. The molecule has 0 aliphatic rings. The van der Waals surface area contributed by atoms with E-state index in [4.69, 9.17) is 18.5 Å². The number of ether oxygens (including phenoxy) is 2. The highest BCUT2D eigenvalue weighted by Gasteiger charge is 2.27. The molecule has 0 heterocycles. The van der Waals surface area contributed by atoms with Gasteiger partial charge in [0.1, 0.15) is 12.2 Å². The van der Waals surface area contributed by atoms with Crippen LogP contribution in [0.1, 0.15) is 219 Å². The highest BCUT2D eigenvalue weighted by molar-refractivity contribution is 7.47. The second-order valence-corrected chi connectivity index (χ2v) is 18.2. The van der Waals surface area contributed by atoms with Crippen LogP contribution in [0.4, 0.5) is 0 Å². The number of esters is 2. The summed E-state index contributed by atoms with van der Waals surface area (Å²) in [6.45, 7) is 2.06. The molecule has 0 spiro atoms. The van der Waals surface area contributed by atoms with E-state index < -0.39 is 58.4 Å². The van der Waals surface area contributed by atoms with Gasteiger partial charge in [-0.15, -0.1) is 0 Å². The van der Waals surface area contributed by atoms with Gasteiger partial charge in [-0.1, -0.05) is 216 Å². The van der Waals surface area contributed by atoms with Crippen LogP contribution in [-0.4, -0.2) is 65.7 Å². The monoisotopic (exact) mass is 909 g/mol. The molecule has 0 fully saturated rings. The SMILES string of the molecule is CC/C=C\C/C=C\C/C=C\C/C=C\C/C=C\CCCC(=O)OC(CO)COP(=O)(O)OCC(CO)OC(=O)CCCCCCCCCCCCCCCCCCCCCCCCC. The maximum Gasteiger partial charge on any atom is 0.472 e. The van der Waals surface area contributed by atoms with Crippen molar-refractivity contribution in [2.45, 2.75) is 232 Å². The average Bonchev–Trinajstić information content (AvgIpc) is 3.27. The summed E-state index contributed by atoms with van der Waals surface area (Å²) < 4.78 is 32.6. The van der Waals surface area contributed by atoms with Crippen LogP contribution >= 0.6 is 7.82 Å². The molecular formula is C52H93O10P. The summed E-state index contributed by atoms with van der Waals surface area (Å²) >= 11 is 0. The lowest BCUT2D eigenvalue weighted by Gasteiger charge is -2.20. The molecule has 63 heavy (non-hydrogen) atoms. The van der Waals surface area contributed by atoms with E-state index in [-0.39, 0.29) is 12.8 Å². The molecule has 0 aromatic carbocycles. The van der Waals surface area contributed by atoms with Crippen molar-refractivity contribution >= 4 is 19.8 Å². The molecule has 3 atom stereocenters. The lowest BCUT2D eigenvalue weighted by molar-refractivity contribution is -0.153. The molecule has 0 bridgehead atoms. The maximum atomic E-state index is 12.4. The van der Waals surface area contributed by atoms with Crippen molar-refractivity contribution in [3.8, 4) is 0 Å². The van der Waals surface area contributed by atoms with Gasteiger partial charge in [-0.25, -0.2) is 4.57 Å². The summed E-state index contributed by atoms with van der Waals surface area (Å²) in [4.78, 5) is 34.6. The smallest absolute Gasteiger partial charge is 0.457 e. The van der Waals surface area contributed by atoms with E-state index in [9.17, 15) is 29.3 Å². The molecule has 366 valence electrons. The fraction of sp³-hybridized carbons (Fsp3) is 0.769. The standard InChI is InChI=1S/C52H93O10P/c1-3-5-7-9-11-13-15-17-19-21-22-23-24-25-26-28-30-32-34-36-38-40-42-44-52(56)62-50(46-54)48-60-63(57,58)59-47-49(45-53)61-51(55)43-41-39-37-35-33-31-29-27-20-18-16-14-12-10-8-6-4-2/h6,8,12,14,18,20,29,31,35,37,49-50,53-54H,3-5,7,9-11,13,15-17,19,21-28,30,32-34,36,38-48H2,1-2H3,(H,57,58)/b8-6-,14-12-,20-18-,31-29-,37-35-. The number of aliphatic hydroxyl groups excluding tert-OH is 2. The molecule has 0 radical (unpaired) electrons. The highest BCUT2D eigenvalue weighted by Crippen LogP contribution is 2.43. The van der Waals surface area contributed by atoms with E-state index in [0.29, 0.717) is 19.3 Å². The fourth-order valence-electron chi connectivity index (χ4n) is 6.92. The van der Waals surface area contributed by atoms with E-state index in [1.54, 1.807) is 0 Å². The predicted octanol–water partition coefficient (Wildman–Crippen LogP) is 14.2. The highest BCUT2D eigenvalue weighted by atomic mass is 31.2. The third-order valence-corrected chi connectivity index (χ3v) is 11.7. The largest absolute Gasteiger partial charge is 0.472 e. The van der Waals surface area contributed by atoms with Crippen LogP contribution in [0.3, 0.4) is 0 Å². The number of rotatable bonds is 47. The van der Waals surface area contributed by atoms with Crippen LogP contribution in [0.5, 0.6) is 0 Å². The van der Waals surface area contributed by atoms with Gasteiger partial charge in [0.15, 0.2) is 0 Å². The topological polar surface area (TPSA) is 149 Å². The summed E-state index contributed by atoms with van der Waals surface area (Å²) in [5, 5.41) is 19.2. The van der Waals surface area contributed by atoms with E-state index >= 15 is 0 Å². The second-order valence-electron chi connectivity index (χ2n) is 16.8. The predicted molar refractivity (Wildman–Crippen MR) is 260 cm³/mol. The van der Waals surface area contributed by atoms with E-state index in [1.807, 2.05) is 12.2 Å². The normalized spacial score (nSPS) is 14.2. The minimum Gasteiger partial charge on any atom is -0.457 e. The summed E-state index contributed by atoms with van der Waals surface area (Å²) in [5.41, 5.74) is 0. The zero-order valence-electron chi connectivity index (χ0n) is 40.0. The first-order chi connectivity index (χ1) is 30.8. The Bertz CT molecular complexity index is 1230. The maximum absolute atomic E-state index is 12.4. The Morgan fingerprint density at radius 1 is 0.444 bits per heavy atom. The van der Waals surface area contributed by atoms with Gasteiger partial charge in [0.05, 0.1) is 26.4 Å². The van der Waals surface area contributed by atoms with Crippen LogP contribution in [-0.2, 0) is 32.7 Å². The van der Waals surface area contributed by atoms with Gasteiger partial charge in [0.25, 0.3) is 0 Å². The second kappa shape index (κ2) is 47.6.